The van der Waals surface area contributed by atoms with Gasteiger partial charge in [0.15, 0.2) is 0 Å². The van der Waals surface area contributed by atoms with Gasteiger partial charge in [-0.15, -0.1) is 0 Å². The molecule has 9 aromatic rings. The number of rotatable bonds is 3. The summed E-state index contributed by atoms with van der Waals surface area (Å²) < 4.78 is 2.41. The summed E-state index contributed by atoms with van der Waals surface area (Å²) in [5.41, 5.74) is 11.3. The average Bonchev–Trinajstić information content (AvgIpc) is 3.46. The first kappa shape index (κ1) is 25.7. The van der Waals surface area contributed by atoms with Crippen molar-refractivity contribution in [3.8, 4) is 39.1 Å². The number of fused-ring (bicyclic) bond motifs is 7. The second-order valence-corrected chi connectivity index (χ2v) is 13.2. The highest BCUT2D eigenvalue weighted by Crippen LogP contribution is 2.50. The molecule has 8 aromatic carbocycles. The molecule has 46 heavy (non-hydrogen) atoms. The fourth-order valence-corrected chi connectivity index (χ4v) is 8.75. The Bertz CT molecular complexity index is 2660. The van der Waals surface area contributed by atoms with Crippen LogP contribution in [0.4, 0.5) is 0 Å². The van der Waals surface area contributed by atoms with Crippen molar-refractivity contribution in [1.82, 2.24) is 4.57 Å². The lowest BCUT2D eigenvalue weighted by atomic mass is 9.88. The van der Waals surface area contributed by atoms with Gasteiger partial charge in [-0.05, 0) is 92.0 Å². The molecule has 0 spiro atoms. The lowest BCUT2D eigenvalue weighted by Gasteiger charge is -2.21. The van der Waals surface area contributed by atoms with Gasteiger partial charge >= 0.3 is 0 Å². The molecule has 0 radical (unpaired) electrons. The molecule has 0 N–H and O–H groups in total. The van der Waals surface area contributed by atoms with Crippen LogP contribution in [-0.4, -0.2) is 4.57 Å². The molecule has 0 aliphatic carbocycles. The zero-order valence-corrected chi connectivity index (χ0v) is 25.8. The maximum Gasteiger partial charge on any atom is 0.0547 e. The van der Waals surface area contributed by atoms with Gasteiger partial charge in [0.2, 0.25) is 0 Å². The van der Waals surface area contributed by atoms with Crippen LogP contribution in [0.2, 0.25) is 0 Å². The van der Waals surface area contributed by atoms with E-state index in [1.54, 1.807) is 0 Å². The Kier molecular flexibility index (Phi) is 5.58. The molecular formula is C44H27NS. The van der Waals surface area contributed by atoms with Gasteiger partial charge in [0.05, 0.1) is 11.0 Å². The molecule has 1 aromatic heterocycles. The van der Waals surface area contributed by atoms with E-state index >= 15 is 0 Å². The monoisotopic (exact) mass is 601 g/mol. The van der Waals surface area contributed by atoms with Gasteiger partial charge in [-0.25, -0.2) is 0 Å². The average molecular weight is 602 g/mol. The Balaban J connectivity index is 1.24. The van der Waals surface area contributed by atoms with Crippen LogP contribution in [0.25, 0.3) is 82.4 Å². The fourth-order valence-electron chi connectivity index (χ4n) is 7.62. The van der Waals surface area contributed by atoms with E-state index in [1.807, 2.05) is 11.8 Å². The van der Waals surface area contributed by atoms with Crippen LogP contribution in [0.1, 0.15) is 0 Å². The van der Waals surface area contributed by atoms with Crippen LogP contribution in [0.5, 0.6) is 0 Å². The molecule has 0 saturated carbocycles. The van der Waals surface area contributed by atoms with Crippen LogP contribution in [0.3, 0.4) is 0 Å². The van der Waals surface area contributed by atoms with E-state index in [4.69, 9.17) is 0 Å². The first-order chi connectivity index (χ1) is 22.8. The van der Waals surface area contributed by atoms with Gasteiger partial charge < -0.3 is 4.57 Å². The highest BCUT2D eigenvalue weighted by atomic mass is 32.2. The van der Waals surface area contributed by atoms with Crippen LogP contribution >= 0.6 is 11.8 Å². The summed E-state index contributed by atoms with van der Waals surface area (Å²) in [5.74, 6) is 0. The lowest BCUT2D eigenvalue weighted by molar-refractivity contribution is 1.18. The minimum atomic E-state index is 1.18. The molecule has 10 rings (SSSR count). The molecule has 1 aliphatic rings. The van der Waals surface area contributed by atoms with Crippen LogP contribution in [0, 0.1) is 0 Å². The second-order valence-electron chi connectivity index (χ2n) is 12.1. The molecule has 0 amide bonds. The summed E-state index contributed by atoms with van der Waals surface area (Å²) in [6.07, 6.45) is 0. The predicted octanol–water partition coefficient (Wildman–Crippen LogP) is 12.6. The summed E-state index contributed by atoms with van der Waals surface area (Å²) in [7, 11) is 0. The van der Waals surface area contributed by atoms with E-state index in [1.165, 1.54) is 92.2 Å². The van der Waals surface area contributed by atoms with E-state index in [-0.39, 0.29) is 0 Å². The molecule has 0 bridgehead atoms. The number of hydrogen-bond acceptors (Lipinski definition) is 1. The molecule has 0 fully saturated rings. The third-order valence-electron chi connectivity index (χ3n) is 9.58. The molecule has 1 nitrogen and oxygen atoms in total. The molecule has 0 saturated heterocycles. The van der Waals surface area contributed by atoms with Crippen molar-refractivity contribution in [3.63, 3.8) is 0 Å². The number of benzene rings is 8. The quantitative estimate of drug-likeness (QED) is 0.195. The summed E-state index contributed by atoms with van der Waals surface area (Å²) in [4.78, 5) is 2.65. The fraction of sp³-hybridized carbons (Fsp3) is 0. The van der Waals surface area contributed by atoms with E-state index in [0.29, 0.717) is 0 Å². The summed E-state index contributed by atoms with van der Waals surface area (Å²) in [6, 6.07) is 60.2. The Hall–Kier alpha value is -5.57. The number of hydrogen-bond donors (Lipinski definition) is 0. The lowest BCUT2D eigenvalue weighted by Crippen LogP contribution is -1.94. The van der Waals surface area contributed by atoms with Crippen LogP contribution in [-0.2, 0) is 0 Å². The van der Waals surface area contributed by atoms with Crippen molar-refractivity contribution in [2.45, 2.75) is 9.79 Å². The van der Waals surface area contributed by atoms with Crippen molar-refractivity contribution in [2.24, 2.45) is 0 Å². The van der Waals surface area contributed by atoms with E-state index in [0.717, 1.165) is 0 Å². The Morgan fingerprint density at radius 3 is 1.89 bits per heavy atom. The SMILES string of the molecule is c1ccc(-n2c3ccccc3c3c4c(-c5ccccc5-c5ccc6c(c5)-c5cccc7cccc(c57)S6)cccc4ccc32)cc1. The topological polar surface area (TPSA) is 4.93 Å². The Morgan fingerprint density at radius 1 is 0.370 bits per heavy atom. The van der Waals surface area contributed by atoms with E-state index in [2.05, 4.69) is 168 Å². The first-order valence-corrected chi connectivity index (χ1v) is 16.6. The molecule has 0 atom stereocenters. The molecule has 2 heterocycles. The van der Waals surface area contributed by atoms with Gasteiger partial charge in [0, 0.05) is 31.6 Å². The highest BCUT2D eigenvalue weighted by molar-refractivity contribution is 7.99. The smallest absolute Gasteiger partial charge is 0.0547 e. The van der Waals surface area contributed by atoms with Gasteiger partial charge in [-0.3, -0.25) is 0 Å². The zero-order valence-electron chi connectivity index (χ0n) is 24.9. The molecule has 1 aliphatic heterocycles. The summed E-state index contributed by atoms with van der Waals surface area (Å²) >= 11 is 1.88. The second kappa shape index (κ2) is 9.97. The minimum absolute atomic E-state index is 1.18. The van der Waals surface area contributed by atoms with Crippen LogP contribution in [0.15, 0.2) is 174 Å². The zero-order chi connectivity index (χ0) is 30.2. The maximum atomic E-state index is 2.41. The normalized spacial score (nSPS) is 12.3. The summed E-state index contributed by atoms with van der Waals surface area (Å²) in [5, 5.41) is 7.78. The van der Waals surface area contributed by atoms with Crippen molar-refractivity contribution in [3.05, 3.63) is 164 Å². The third-order valence-corrected chi connectivity index (χ3v) is 10.7. The number of aromatic nitrogens is 1. The number of para-hydroxylation sites is 2. The van der Waals surface area contributed by atoms with Gasteiger partial charge in [0.1, 0.15) is 0 Å². The van der Waals surface area contributed by atoms with Crippen LogP contribution < -0.4 is 0 Å². The largest absolute Gasteiger partial charge is 0.309 e. The van der Waals surface area contributed by atoms with Crippen molar-refractivity contribution < 1.29 is 0 Å². The standard InChI is InChI=1S/C44H27NS/c1-2-14-31(15-3-1)45-38-21-7-6-18-36(38)44-39(45)25-23-29-12-9-19-34(43(29)44)33-17-5-4-16-32(33)30-24-26-40-37(27-30)35-20-8-11-28-13-10-22-41(46-40)42(28)35/h1-27H. The van der Waals surface area contributed by atoms with E-state index < -0.39 is 0 Å². The van der Waals surface area contributed by atoms with Gasteiger partial charge in [-0.2, -0.15) is 0 Å². The van der Waals surface area contributed by atoms with Crippen molar-refractivity contribution in [1.29, 1.82) is 0 Å². The molecule has 214 valence electrons. The van der Waals surface area contributed by atoms with Crippen molar-refractivity contribution >= 4 is 55.1 Å². The van der Waals surface area contributed by atoms with E-state index in [9.17, 15) is 0 Å². The predicted molar refractivity (Wildman–Crippen MR) is 196 cm³/mol. The number of nitrogens with zero attached hydrogens (tertiary/aromatic N) is 1. The maximum absolute atomic E-state index is 2.41. The van der Waals surface area contributed by atoms with Gasteiger partial charge in [0.25, 0.3) is 0 Å². The molecule has 2 heteroatoms. The summed E-state index contributed by atoms with van der Waals surface area (Å²) in [6.45, 7) is 0. The minimum Gasteiger partial charge on any atom is -0.309 e. The third kappa shape index (κ3) is 3.71. The molecular weight excluding hydrogens is 575 g/mol. The first-order valence-electron chi connectivity index (χ1n) is 15.8. The molecule has 0 unspecified atom stereocenters. The Morgan fingerprint density at radius 2 is 1.04 bits per heavy atom. The van der Waals surface area contributed by atoms with Gasteiger partial charge in [-0.1, -0.05) is 133 Å². The highest BCUT2D eigenvalue weighted by Gasteiger charge is 2.21. The Labute approximate surface area is 271 Å². The van der Waals surface area contributed by atoms with Crippen molar-refractivity contribution in [2.75, 3.05) is 0 Å².